The molecule has 0 aromatic heterocycles. The Hall–Kier alpha value is -2.84. The van der Waals surface area contributed by atoms with Crippen LogP contribution in [-0.4, -0.2) is 25.0 Å². The van der Waals surface area contributed by atoms with Crippen LogP contribution in [0.3, 0.4) is 0 Å². The Bertz CT molecular complexity index is 1070. The highest BCUT2D eigenvalue weighted by Gasteiger charge is 2.14. The van der Waals surface area contributed by atoms with Crippen molar-refractivity contribution in [3.63, 3.8) is 0 Å². The Morgan fingerprint density at radius 3 is 2.38 bits per heavy atom. The summed E-state index contributed by atoms with van der Waals surface area (Å²) in [6.07, 6.45) is 0.718. The van der Waals surface area contributed by atoms with E-state index in [0.29, 0.717) is 23.7 Å². The lowest BCUT2D eigenvalue weighted by molar-refractivity contribution is -0.123. The molecule has 3 aromatic carbocycles. The predicted octanol–water partition coefficient (Wildman–Crippen LogP) is 4.98. The van der Waals surface area contributed by atoms with Crippen molar-refractivity contribution in [2.45, 2.75) is 13.3 Å². The first-order valence-corrected chi connectivity index (χ1v) is 11.5. The van der Waals surface area contributed by atoms with E-state index in [1.165, 1.54) is 0 Å². The fourth-order valence-electron chi connectivity index (χ4n) is 2.94. The molecule has 0 fully saturated rings. The standard InChI is InChI=1S/C24H22Br2N2O4/c1-16-13-18(25)14-20(26)23(16)32-15-22(29)27-28-24(30)19-9-5-6-10-21(19)31-12-11-17-7-3-2-4-8-17/h2-10,13-14H,11-12,15H2,1H3,(H,27,29)(H,28,30). The quantitative estimate of drug-likeness (QED) is 0.380. The van der Waals surface area contributed by atoms with Crippen LogP contribution in [-0.2, 0) is 11.2 Å². The summed E-state index contributed by atoms with van der Waals surface area (Å²) < 4.78 is 13.0. The number of carbonyl (C=O) groups is 2. The maximum absolute atomic E-state index is 12.6. The Labute approximate surface area is 203 Å². The maximum atomic E-state index is 12.6. The minimum atomic E-state index is -0.491. The van der Waals surface area contributed by atoms with E-state index in [2.05, 4.69) is 42.7 Å². The molecule has 3 rings (SSSR count). The number of hydrogen-bond donors (Lipinski definition) is 2. The molecule has 0 spiro atoms. The van der Waals surface area contributed by atoms with Gasteiger partial charge in [0.25, 0.3) is 11.8 Å². The molecule has 6 nitrogen and oxygen atoms in total. The third kappa shape index (κ3) is 6.83. The number of hydrazine groups is 1. The summed E-state index contributed by atoms with van der Waals surface area (Å²) >= 11 is 6.81. The van der Waals surface area contributed by atoms with Crippen molar-refractivity contribution < 1.29 is 19.1 Å². The van der Waals surface area contributed by atoms with E-state index >= 15 is 0 Å². The summed E-state index contributed by atoms with van der Waals surface area (Å²) in [5.41, 5.74) is 7.11. The van der Waals surface area contributed by atoms with Gasteiger partial charge in [-0.2, -0.15) is 0 Å². The van der Waals surface area contributed by atoms with Crippen molar-refractivity contribution in [3.8, 4) is 11.5 Å². The van der Waals surface area contributed by atoms with Gasteiger partial charge in [-0.25, -0.2) is 0 Å². The van der Waals surface area contributed by atoms with E-state index in [1.807, 2.05) is 49.4 Å². The van der Waals surface area contributed by atoms with Gasteiger partial charge in [-0.05, 0) is 58.2 Å². The molecule has 0 aliphatic heterocycles. The first-order valence-electron chi connectivity index (χ1n) is 9.87. The highest BCUT2D eigenvalue weighted by Crippen LogP contribution is 2.32. The fraction of sp³-hybridized carbons (Fsp3) is 0.167. The molecule has 0 bridgehead atoms. The number of rotatable bonds is 8. The van der Waals surface area contributed by atoms with Crippen LogP contribution in [0.25, 0.3) is 0 Å². The minimum Gasteiger partial charge on any atom is -0.492 e. The van der Waals surface area contributed by atoms with Gasteiger partial charge in [0.1, 0.15) is 11.5 Å². The predicted molar refractivity (Wildman–Crippen MR) is 130 cm³/mol. The second-order valence-electron chi connectivity index (χ2n) is 6.90. The summed E-state index contributed by atoms with van der Waals surface area (Å²) in [5.74, 6) is 0.0393. The van der Waals surface area contributed by atoms with E-state index in [0.717, 1.165) is 26.5 Å². The van der Waals surface area contributed by atoms with Crippen molar-refractivity contribution in [1.29, 1.82) is 0 Å². The van der Waals surface area contributed by atoms with Crippen LogP contribution in [0.2, 0.25) is 0 Å². The molecule has 32 heavy (non-hydrogen) atoms. The summed E-state index contributed by atoms with van der Waals surface area (Å²) in [6, 6.07) is 20.5. The zero-order chi connectivity index (χ0) is 22.9. The molecule has 0 saturated heterocycles. The third-order valence-electron chi connectivity index (χ3n) is 4.48. The zero-order valence-electron chi connectivity index (χ0n) is 17.4. The van der Waals surface area contributed by atoms with Crippen molar-refractivity contribution >= 4 is 43.7 Å². The number of nitrogens with one attached hydrogen (secondary N) is 2. The lowest BCUT2D eigenvalue weighted by atomic mass is 10.1. The molecule has 0 saturated carbocycles. The molecule has 0 heterocycles. The van der Waals surface area contributed by atoms with Gasteiger partial charge in [0.05, 0.1) is 16.6 Å². The van der Waals surface area contributed by atoms with Crippen LogP contribution in [0, 0.1) is 6.92 Å². The number of halogens is 2. The van der Waals surface area contributed by atoms with E-state index in [-0.39, 0.29) is 6.61 Å². The molecule has 0 unspecified atom stereocenters. The molecule has 0 radical (unpaired) electrons. The highest BCUT2D eigenvalue weighted by molar-refractivity contribution is 9.11. The molecule has 0 aliphatic carbocycles. The average molecular weight is 562 g/mol. The lowest BCUT2D eigenvalue weighted by Gasteiger charge is -2.14. The number of benzene rings is 3. The summed E-state index contributed by atoms with van der Waals surface area (Å²) in [6.45, 7) is 2.05. The second kappa shape index (κ2) is 11.7. The van der Waals surface area contributed by atoms with Crippen LogP contribution in [0.1, 0.15) is 21.5 Å². The van der Waals surface area contributed by atoms with Gasteiger partial charge in [0, 0.05) is 10.9 Å². The van der Waals surface area contributed by atoms with E-state index < -0.39 is 11.8 Å². The number of aryl methyl sites for hydroxylation is 1. The first-order chi connectivity index (χ1) is 15.4. The first kappa shape index (κ1) is 23.8. The Morgan fingerprint density at radius 1 is 0.906 bits per heavy atom. The molecular formula is C24H22Br2N2O4. The maximum Gasteiger partial charge on any atom is 0.276 e. The van der Waals surface area contributed by atoms with E-state index in [9.17, 15) is 9.59 Å². The van der Waals surface area contributed by atoms with Crippen LogP contribution >= 0.6 is 31.9 Å². The topological polar surface area (TPSA) is 76.7 Å². The number of para-hydroxylation sites is 1. The Kier molecular flexibility index (Phi) is 8.70. The highest BCUT2D eigenvalue weighted by atomic mass is 79.9. The molecule has 0 aliphatic rings. The van der Waals surface area contributed by atoms with Gasteiger partial charge in [-0.1, -0.05) is 58.4 Å². The minimum absolute atomic E-state index is 0.253. The van der Waals surface area contributed by atoms with E-state index in [4.69, 9.17) is 9.47 Å². The van der Waals surface area contributed by atoms with Crippen molar-refractivity contribution in [2.24, 2.45) is 0 Å². The Balaban J connectivity index is 1.51. The smallest absolute Gasteiger partial charge is 0.276 e. The van der Waals surface area contributed by atoms with Crippen molar-refractivity contribution in [3.05, 3.63) is 92.4 Å². The molecule has 2 N–H and O–H groups in total. The SMILES string of the molecule is Cc1cc(Br)cc(Br)c1OCC(=O)NNC(=O)c1ccccc1OCCc1ccccc1. The summed E-state index contributed by atoms with van der Waals surface area (Å²) in [7, 11) is 0. The summed E-state index contributed by atoms with van der Waals surface area (Å²) in [5, 5.41) is 0. The molecule has 0 atom stereocenters. The zero-order valence-corrected chi connectivity index (χ0v) is 20.5. The molecule has 166 valence electrons. The third-order valence-corrected chi connectivity index (χ3v) is 5.53. The normalized spacial score (nSPS) is 10.3. The number of amides is 2. The van der Waals surface area contributed by atoms with Crippen LogP contribution < -0.4 is 20.3 Å². The van der Waals surface area contributed by atoms with Gasteiger partial charge < -0.3 is 9.47 Å². The van der Waals surface area contributed by atoms with Gasteiger partial charge in [0.2, 0.25) is 0 Å². The lowest BCUT2D eigenvalue weighted by Crippen LogP contribution is -2.44. The molecule has 2 amide bonds. The molecule has 8 heteroatoms. The average Bonchev–Trinajstić information content (AvgIpc) is 2.78. The number of carbonyl (C=O) groups excluding carboxylic acids is 2. The summed E-state index contributed by atoms with van der Waals surface area (Å²) in [4.78, 5) is 24.7. The van der Waals surface area contributed by atoms with Crippen molar-refractivity contribution in [1.82, 2.24) is 10.9 Å². The Morgan fingerprint density at radius 2 is 1.62 bits per heavy atom. The van der Waals surface area contributed by atoms with Gasteiger partial charge in [0.15, 0.2) is 6.61 Å². The largest absolute Gasteiger partial charge is 0.492 e. The van der Waals surface area contributed by atoms with Gasteiger partial charge >= 0.3 is 0 Å². The van der Waals surface area contributed by atoms with Crippen LogP contribution in [0.4, 0.5) is 0 Å². The number of ether oxygens (including phenoxy) is 2. The van der Waals surface area contributed by atoms with Crippen LogP contribution in [0.5, 0.6) is 11.5 Å². The second-order valence-corrected chi connectivity index (χ2v) is 8.67. The molecule has 3 aromatic rings. The van der Waals surface area contributed by atoms with Gasteiger partial charge in [-0.3, -0.25) is 20.4 Å². The van der Waals surface area contributed by atoms with Gasteiger partial charge in [-0.15, -0.1) is 0 Å². The van der Waals surface area contributed by atoms with E-state index in [1.54, 1.807) is 24.3 Å². The van der Waals surface area contributed by atoms with Crippen molar-refractivity contribution in [2.75, 3.05) is 13.2 Å². The molecular weight excluding hydrogens is 540 g/mol. The number of hydrogen-bond acceptors (Lipinski definition) is 4. The van der Waals surface area contributed by atoms with Crippen LogP contribution in [0.15, 0.2) is 75.7 Å². The monoisotopic (exact) mass is 560 g/mol. The fourth-order valence-corrected chi connectivity index (χ4v) is 4.50.